The fourth-order valence-corrected chi connectivity index (χ4v) is 5.83. The van der Waals surface area contributed by atoms with Crippen LogP contribution in [0.25, 0.3) is 0 Å². The highest BCUT2D eigenvalue weighted by Gasteiger charge is 2.37. The van der Waals surface area contributed by atoms with Gasteiger partial charge >= 0.3 is 6.18 Å². The number of nitrogens with zero attached hydrogens (tertiary/aromatic N) is 2. The van der Waals surface area contributed by atoms with Crippen molar-refractivity contribution in [1.29, 1.82) is 0 Å². The summed E-state index contributed by atoms with van der Waals surface area (Å²) >= 11 is 5.80. The molecule has 0 spiro atoms. The second-order valence-electron chi connectivity index (χ2n) is 9.68. The molecule has 13 heteroatoms. The Hall–Kier alpha value is -3.77. The molecular weight excluding hydrogens is 607 g/mol. The predicted molar refractivity (Wildman–Crippen MR) is 158 cm³/mol. The Morgan fingerprint density at radius 3 is 2.26 bits per heavy atom. The van der Waals surface area contributed by atoms with Gasteiger partial charge in [-0.15, -0.1) is 0 Å². The molecule has 232 valence electrons. The van der Waals surface area contributed by atoms with Crippen LogP contribution in [0.4, 0.5) is 18.9 Å². The third kappa shape index (κ3) is 8.64. The van der Waals surface area contributed by atoms with Gasteiger partial charge in [0.2, 0.25) is 11.8 Å². The van der Waals surface area contributed by atoms with Gasteiger partial charge in [0.25, 0.3) is 10.0 Å². The predicted octanol–water partition coefficient (Wildman–Crippen LogP) is 5.90. The lowest BCUT2D eigenvalue weighted by atomic mass is 10.1. The second kappa shape index (κ2) is 14.6. The number of sulfonamides is 1. The number of benzene rings is 3. The molecule has 3 aromatic rings. The van der Waals surface area contributed by atoms with Crippen molar-refractivity contribution < 1.29 is 35.9 Å². The maximum atomic E-state index is 13.9. The van der Waals surface area contributed by atoms with E-state index >= 15 is 0 Å². The number of carbonyl (C=O) groups excluding carboxylic acids is 2. The van der Waals surface area contributed by atoms with E-state index in [0.29, 0.717) is 34.7 Å². The number of halogens is 4. The highest BCUT2D eigenvalue weighted by Crippen LogP contribution is 2.38. The van der Waals surface area contributed by atoms with Gasteiger partial charge in [-0.25, -0.2) is 8.42 Å². The standard InChI is InChI=1S/C30H33ClF3N3O5S/c1-4-5-17-35-29(39)21(2)36(19-22-11-14-24(42-3)15-12-22)28(38)20-37(43(40,41)25-9-7-6-8-10-25)23-13-16-27(31)26(18-23)30(32,33)34/h6-16,18,21H,4-5,17,19-20H2,1-3H3,(H,35,39)/t21-/m1/s1. The van der Waals surface area contributed by atoms with Crippen LogP contribution < -0.4 is 14.4 Å². The van der Waals surface area contributed by atoms with E-state index in [1.54, 1.807) is 30.3 Å². The quantitative estimate of drug-likeness (QED) is 0.235. The van der Waals surface area contributed by atoms with Gasteiger partial charge in [-0.2, -0.15) is 13.2 Å². The third-order valence-corrected chi connectivity index (χ3v) is 8.78. The van der Waals surface area contributed by atoms with E-state index in [1.165, 1.54) is 43.2 Å². The molecule has 0 fully saturated rings. The monoisotopic (exact) mass is 639 g/mol. The highest BCUT2D eigenvalue weighted by molar-refractivity contribution is 7.92. The molecule has 0 aromatic heterocycles. The van der Waals surface area contributed by atoms with E-state index in [1.807, 2.05) is 6.92 Å². The van der Waals surface area contributed by atoms with Gasteiger partial charge in [-0.3, -0.25) is 13.9 Å². The summed E-state index contributed by atoms with van der Waals surface area (Å²) in [5.74, 6) is -0.703. The smallest absolute Gasteiger partial charge is 0.417 e. The van der Waals surface area contributed by atoms with E-state index in [-0.39, 0.29) is 11.4 Å². The van der Waals surface area contributed by atoms with Crippen molar-refractivity contribution >= 4 is 39.1 Å². The first kappa shape index (κ1) is 33.7. The van der Waals surface area contributed by atoms with Crippen molar-refractivity contribution in [2.45, 2.75) is 50.3 Å². The maximum Gasteiger partial charge on any atom is 0.417 e. The Morgan fingerprint density at radius 2 is 1.67 bits per heavy atom. The first-order chi connectivity index (χ1) is 20.3. The van der Waals surface area contributed by atoms with E-state index in [9.17, 15) is 31.2 Å². The molecule has 3 aromatic carbocycles. The van der Waals surface area contributed by atoms with Gasteiger partial charge in [-0.05, 0) is 61.4 Å². The molecule has 43 heavy (non-hydrogen) atoms. The molecule has 0 aliphatic heterocycles. The minimum atomic E-state index is -4.88. The summed E-state index contributed by atoms with van der Waals surface area (Å²) in [4.78, 5) is 27.9. The summed E-state index contributed by atoms with van der Waals surface area (Å²) in [7, 11) is -3.05. The Balaban J connectivity index is 2.07. The van der Waals surface area contributed by atoms with Gasteiger partial charge in [-0.1, -0.05) is 55.3 Å². The molecule has 0 heterocycles. The Morgan fingerprint density at radius 1 is 1.02 bits per heavy atom. The number of ether oxygens (including phenoxy) is 1. The number of carbonyl (C=O) groups is 2. The number of nitrogens with one attached hydrogen (secondary N) is 1. The average molecular weight is 640 g/mol. The third-order valence-electron chi connectivity index (χ3n) is 6.66. The Bertz CT molecular complexity index is 1500. The highest BCUT2D eigenvalue weighted by atomic mass is 35.5. The Kier molecular flexibility index (Phi) is 11.5. The summed E-state index contributed by atoms with van der Waals surface area (Å²) in [5, 5.41) is 2.14. The molecule has 0 aliphatic carbocycles. The van der Waals surface area contributed by atoms with E-state index < -0.39 is 56.9 Å². The van der Waals surface area contributed by atoms with Crippen LogP contribution in [0.5, 0.6) is 5.75 Å². The van der Waals surface area contributed by atoms with Gasteiger partial charge in [0, 0.05) is 13.1 Å². The number of amides is 2. The molecule has 0 saturated heterocycles. The topological polar surface area (TPSA) is 96.0 Å². The fourth-order valence-electron chi connectivity index (χ4n) is 4.18. The molecule has 0 radical (unpaired) electrons. The zero-order chi connectivity index (χ0) is 31.8. The van der Waals surface area contributed by atoms with Crippen LogP contribution in [0.2, 0.25) is 5.02 Å². The van der Waals surface area contributed by atoms with Gasteiger partial charge < -0.3 is 15.0 Å². The van der Waals surface area contributed by atoms with Crippen molar-refractivity contribution in [1.82, 2.24) is 10.2 Å². The zero-order valence-corrected chi connectivity index (χ0v) is 25.5. The first-order valence-corrected chi connectivity index (χ1v) is 15.3. The molecule has 2 amide bonds. The van der Waals surface area contributed by atoms with Crippen molar-refractivity contribution in [3.8, 4) is 5.75 Å². The fraction of sp³-hybridized carbons (Fsp3) is 0.333. The molecule has 0 bridgehead atoms. The van der Waals surface area contributed by atoms with Crippen LogP contribution in [0.3, 0.4) is 0 Å². The van der Waals surface area contributed by atoms with Crippen molar-refractivity contribution in [2.75, 3.05) is 24.5 Å². The number of anilines is 1. The van der Waals surface area contributed by atoms with Crippen LogP contribution in [0.1, 0.15) is 37.8 Å². The summed E-state index contributed by atoms with van der Waals surface area (Å²) in [6.45, 7) is 2.86. The summed E-state index contributed by atoms with van der Waals surface area (Å²) in [6, 6.07) is 15.3. The largest absolute Gasteiger partial charge is 0.497 e. The lowest BCUT2D eigenvalue weighted by Crippen LogP contribution is -2.51. The Labute approximate surface area is 254 Å². The maximum absolute atomic E-state index is 13.9. The van der Waals surface area contributed by atoms with Gasteiger partial charge in [0.1, 0.15) is 18.3 Å². The van der Waals surface area contributed by atoms with Crippen molar-refractivity contribution in [3.63, 3.8) is 0 Å². The van der Waals surface area contributed by atoms with E-state index in [2.05, 4.69) is 5.32 Å². The van der Waals surface area contributed by atoms with Crippen molar-refractivity contribution in [2.24, 2.45) is 0 Å². The van der Waals surface area contributed by atoms with Crippen LogP contribution in [0, 0.1) is 0 Å². The summed E-state index contributed by atoms with van der Waals surface area (Å²) in [6.07, 6.45) is -3.34. The van der Waals surface area contributed by atoms with Gasteiger partial charge in [0.05, 0.1) is 28.3 Å². The molecule has 0 aliphatic rings. The molecular formula is C30H33ClF3N3O5S. The zero-order valence-electron chi connectivity index (χ0n) is 23.9. The average Bonchev–Trinajstić information content (AvgIpc) is 2.98. The van der Waals surface area contributed by atoms with Crippen LogP contribution in [-0.2, 0) is 32.3 Å². The number of unbranched alkanes of at least 4 members (excludes halogenated alkanes) is 1. The summed E-state index contributed by atoms with van der Waals surface area (Å²) < 4.78 is 74.6. The van der Waals surface area contributed by atoms with E-state index in [4.69, 9.17) is 16.3 Å². The van der Waals surface area contributed by atoms with Gasteiger partial charge in [0.15, 0.2) is 0 Å². The normalized spacial score (nSPS) is 12.3. The van der Waals surface area contributed by atoms with Crippen molar-refractivity contribution in [3.05, 3.63) is 88.9 Å². The van der Waals surface area contributed by atoms with Crippen LogP contribution in [-0.4, -0.2) is 51.4 Å². The number of hydrogen-bond acceptors (Lipinski definition) is 5. The number of methoxy groups -OCH3 is 1. The molecule has 0 saturated carbocycles. The SMILES string of the molecule is CCCCNC(=O)[C@@H](C)N(Cc1ccc(OC)cc1)C(=O)CN(c1ccc(Cl)c(C(F)(F)F)c1)S(=O)(=O)c1ccccc1. The molecule has 3 rings (SSSR count). The first-order valence-electron chi connectivity index (χ1n) is 13.4. The molecule has 0 unspecified atom stereocenters. The number of rotatable bonds is 13. The lowest BCUT2D eigenvalue weighted by molar-refractivity contribution is -0.139. The number of alkyl halides is 3. The van der Waals surface area contributed by atoms with Crippen LogP contribution >= 0.6 is 11.6 Å². The van der Waals surface area contributed by atoms with E-state index in [0.717, 1.165) is 18.6 Å². The number of hydrogen-bond donors (Lipinski definition) is 1. The lowest BCUT2D eigenvalue weighted by Gasteiger charge is -2.32. The summed E-state index contributed by atoms with van der Waals surface area (Å²) in [5.41, 5.74) is -1.06. The minimum absolute atomic E-state index is 0.0845. The molecule has 1 atom stereocenters. The molecule has 8 nitrogen and oxygen atoms in total. The molecule has 1 N–H and O–H groups in total. The minimum Gasteiger partial charge on any atom is -0.497 e. The second-order valence-corrected chi connectivity index (χ2v) is 11.9. The van der Waals surface area contributed by atoms with Crippen LogP contribution in [0.15, 0.2) is 77.7 Å².